The number of amides is 1. The Morgan fingerprint density at radius 1 is 1.45 bits per heavy atom. The van der Waals surface area contributed by atoms with Gasteiger partial charge in [-0.15, -0.1) is 0 Å². The highest BCUT2D eigenvalue weighted by Gasteiger charge is 1.96. The Kier molecular flexibility index (Phi) is 5.84. The summed E-state index contributed by atoms with van der Waals surface area (Å²) >= 11 is 0. The summed E-state index contributed by atoms with van der Waals surface area (Å²) in [6, 6.07) is 0.514. The van der Waals surface area contributed by atoms with Crippen molar-refractivity contribution in [1.82, 2.24) is 10.6 Å². The molecule has 0 fully saturated rings. The monoisotopic (exact) mass is 158 g/mol. The van der Waals surface area contributed by atoms with Crippen LogP contribution in [0.1, 0.15) is 26.7 Å². The van der Waals surface area contributed by atoms with Gasteiger partial charge in [-0.1, -0.05) is 13.8 Å². The lowest BCUT2D eigenvalue weighted by Crippen LogP contribution is -2.25. The van der Waals surface area contributed by atoms with Crippen LogP contribution in [0.4, 0.5) is 0 Å². The summed E-state index contributed by atoms with van der Waals surface area (Å²) in [5.41, 5.74) is 0. The normalized spacial score (nSPS) is 10.2. The summed E-state index contributed by atoms with van der Waals surface area (Å²) in [4.78, 5) is 10.7. The lowest BCUT2D eigenvalue weighted by atomic mass is 10.3. The van der Waals surface area contributed by atoms with Crippen molar-refractivity contribution >= 4 is 5.91 Å². The van der Waals surface area contributed by atoms with E-state index in [-0.39, 0.29) is 5.91 Å². The Hall–Kier alpha value is -0.570. The minimum absolute atomic E-state index is 0.121. The standard InChI is InChI=1S/C8H18N2O/c1-7(2)10-6-4-5-8(11)9-3/h7,10H,4-6H2,1-3H3,(H,9,11). The zero-order valence-corrected chi connectivity index (χ0v) is 7.61. The maximum Gasteiger partial charge on any atom is 0.219 e. The zero-order chi connectivity index (χ0) is 8.69. The lowest BCUT2D eigenvalue weighted by Gasteiger charge is -2.06. The topological polar surface area (TPSA) is 41.1 Å². The average molecular weight is 158 g/mol. The van der Waals surface area contributed by atoms with Crippen molar-refractivity contribution in [2.75, 3.05) is 13.6 Å². The van der Waals surface area contributed by atoms with Crippen molar-refractivity contribution < 1.29 is 4.79 Å². The van der Waals surface area contributed by atoms with Crippen molar-refractivity contribution in [2.24, 2.45) is 0 Å². The van der Waals surface area contributed by atoms with Gasteiger partial charge in [0.2, 0.25) is 5.91 Å². The summed E-state index contributed by atoms with van der Waals surface area (Å²) in [7, 11) is 1.66. The molecule has 2 N–H and O–H groups in total. The Morgan fingerprint density at radius 2 is 2.09 bits per heavy atom. The van der Waals surface area contributed by atoms with Gasteiger partial charge in [-0.3, -0.25) is 4.79 Å². The van der Waals surface area contributed by atoms with Crippen molar-refractivity contribution in [3.63, 3.8) is 0 Å². The number of nitrogens with one attached hydrogen (secondary N) is 2. The average Bonchev–Trinajstić information content (AvgIpc) is 1.97. The highest BCUT2D eigenvalue weighted by Crippen LogP contribution is 1.87. The fourth-order valence-electron chi connectivity index (χ4n) is 0.765. The molecule has 1 amide bonds. The fourth-order valence-corrected chi connectivity index (χ4v) is 0.765. The molecule has 0 radical (unpaired) electrons. The Labute approximate surface area is 68.6 Å². The first kappa shape index (κ1) is 10.4. The van der Waals surface area contributed by atoms with Crippen LogP contribution < -0.4 is 10.6 Å². The number of hydrogen-bond acceptors (Lipinski definition) is 2. The Balaban J connectivity index is 3.08. The van der Waals surface area contributed by atoms with Crippen LogP contribution >= 0.6 is 0 Å². The summed E-state index contributed by atoms with van der Waals surface area (Å²) < 4.78 is 0. The highest BCUT2D eigenvalue weighted by molar-refractivity contribution is 5.75. The molecule has 0 unspecified atom stereocenters. The zero-order valence-electron chi connectivity index (χ0n) is 7.61. The van der Waals surface area contributed by atoms with Gasteiger partial charge in [0.1, 0.15) is 0 Å². The maximum atomic E-state index is 10.7. The first-order valence-electron chi connectivity index (χ1n) is 4.10. The third-order valence-corrected chi connectivity index (χ3v) is 1.41. The van der Waals surface area contributed by atoms with Crippen LogP contribution in [0.2, 0.25) is 0 Å². The van der Waals surface area contributed by atoms with Gasteiger partial charge in [-0.2, -0.15) is 0 Å². The van der Waals surface area contributed by atoms with E-state index in [1.165, 1.54) is 0 Å². The molecule has 0 atom stereocenters. The van der Waals surface area contributed by atoms with Gasteiger partial charge >= 0.3 is 0 Å². The van der Waals surface area contributed by atoms with Gasteiger partial charge < -0.3 is 10.6 Å². The third-order valence-electron chi connectivity index (χ3n) is 1.41. The van der Waals surface area contributed by atoms with E-state index in [1.54, 1.807) is 7.05 Å². The molecule has 0 spiro atoms. The number of carbonyl (C=O) groups is 1. The molecule has 0 heterocycles. The van der Waals surface area contributed by atoms with Crippen LogP contribution in [0.5, 0.6) is 0 Å². The molecule has 3 heteroatoms. The van der Waals surface area contributed by atoms with Gasteiger partial charge in [0.25, 0.3) is 0 Å². The molecule has 0 rings (SSSR count). The number of carbonyl (C=O) groups excluding carboxylic acids is 1. The third kappa shape index (κ3) is 7.33. The summed E-state index contributed by atoms with van der Waals surface area (Å²) in [6.45, 7) is 5.12. The molecule has 0 bridgehead atoms. The second-order valence-corrected chi connectivity index (χ2v) is 2.89. The Morgan fingerprint density at radius 3 is 2.55 bits per heavy atom. The largest absolute Gasteiger partial charge is 0.359 e. The van der Waals surface area contributed by atoms with E-state index >= 15 is 0 Å². The second-order valence-electron chi connectivity index (χ2n) is 2.89. The van der Waals surface area contributed by atoms with E-state index in [1.807, 2.05) is 0 Å². The van der Waals surface area contributed by atoms with Crippen molar-refractivity contribution in [3.8, 4) is 0 Å². The van der Waals surface area contributed by atoms with Crippen LogP contribution in [0, 0.1) is 0 Å². The van der Waals surface area contributed by atoms with E-state index in [4.69, 9.17) is 0 Å². The lowest BCUT2D eigenvalue weighted by molar-refractivity contribution is -0.120. The first-order chi connectivity index (χ1) is 5.16. The van der Waals surface area contributed by atoms with Crippen LogP contribution in [0.25, 0.3) is 0 Å². The predicted molar refractivity (Wildman–Crippen MR) is 46.4 cm³/mol. The number of hydrogen-bond donors (Lipinski definition) is 2. The van der Waals surface area contributed by atoms with Crippen LogP contribution in [-0.4, -0.2) is 25.5 Å². The molecule has 11 heavy (non-hydrogen) atoms. The Bertz CT molecular complexity index is 113. The van der Waals surface area contributed by atoms with Crippen LogP contribution in [-0.2, 0) is 4.79 Å². The maximum absolute atomic E-state index is 10.7. The van der Waals surface area contributed by atoms with Gasteiger partial charge in [-0.25, -0.2) is 0 Å². The minimum atomic E-state index is 0.121. The quantitative estimate of drug-likeness (QED) is 0.572. The van der Waals surface area contributed by atoms with E-state index < -0.39 is 0 Å². The van der Waals surface area contributed by atoms with E-state index in [0.717, 1.165) is 13.0 Å². The smallest absolute Gasteiger partial charge is 0.219 e. The molecule has 0 saturated carbocycles. The van der Waals surface area contributed by atoms with E-state index in [2.05, 4.69) is 24.5 Å². The van der Waals surface area contributed by atoms with Crippen molar-refractivity contribution in [1.29, 1.82) is 0 Å². The number of rotatable bonds is 5. The molecule has 0 aromatic carbocycles. The van der Waals surface area contributed by atoms with Gasteiger partial charge in [0, 0.05) is 19.5 Å². The predicted octanol–water partition coefficient (Wildman–Crippen LogP) is 0.511. The van der Waals surface area contributed by atoms with Gasteiger partial charge in [-0.05, 0) is 13.0 Å². The molecule has 0 aromatic heterocycles. The van der Waals surface area contributed by atoms with E-state index in [9.17, 15) is 4.79 Å². The molecule has 0 aliphatic heterocycles. The van der Waals surface area contributed by atoms with Crippen molar-refractivity contribution in [2.45, 2.75) is 32.7 Å². The van der Waals surface area contributed by atoms with Crippen LogP contribution in [0.3, 0.4) is 0 Å². The first-order valence-corrected chi connectivity index (χ1v) is 4.10. The van der Waals surface area contributed by atoms with E-state index in [0.29, 0.717) is 12.5 Å². The molecule has 0 aromatic rings. The molecule has 0 aliphatic carbocycles. The van der Waals surface area contributed by atoms with Crippen molar-refractivity contribution in [3.05, 3.63) is 0 Å². The molecule has 0 aliphatic rings. The summed E-state index contributed by atoms with van der Waals surface area (Å²) in [6.07, 6.45) is 1.54. The SMILES string of the molecule is CNC(=O)CCCNC(C)C. The highest BCUT2D eigenvalue weighted by atomic mass is 16.1. The van der Waals surface area contributed by atoms with Gasteiger partial charge in [0.15, 0.2) is 0 Å². The van der Waals surface area contributed by atoms with Gasteiger partial charge in [0.05, 0.1) is 0 Å². The minimum Gasteiger partial charge on any atom is -0.359 e. The summed E-state index contributed by atoms with van der Waals surface area (Å²) in [5, 5.41) is 5.83. The molecular weight excluding hydrogens is 140 g/mol. The molecule has 3 nitrogen and oxygen atoms in total. The summed E-state index contributed by atoms with van der Waals surface area (Å²) in [5.74, 6) is 0.121. The van der Waals surface area contributed by atoms with Crippen LogP contribution in [0.15, 0.2) is 0 Å². The molecule has 66 valence electrons. The fraction of sp³-hybridized carbons (Fsp3) is 0.875. The molecule has 0 saturated heterocycles. The second kappa shape index (κ2) is 6.16. The molecular formula is C8H18N2O.